The summed E-state index contributed by atoms with van der Waals surface area (Å²) in [6, 6.07) is 8.26. The van der Waals surface area contributed by atoms with Gasteiger partial charge in [0.2, 0.25) is 5.91 Å². The Morgan fingerprint density at radius 2 is 1.78 bits per heavy atom. The van der Waals surface area contributed by atoms with Crippen LogP contribution >= 0.6 is 0 Å². The van der Waals surface area contributed by atoms with Crippen molar-refractivity contribution in [3.8, 4) is 5.88 Å². The topological polar surface area (TPSA) is 67.4 Å². The summed E-state index contributed by atoms with van der Waals surface area (Å²) in [7, 11) is 0. The monoisotopic (exact) mass is 368 g/mol. The van der Waals surface area contributed by atoms with Crippen LogP contribution in [0.2, 0.25) is 0 Å². The smallest absolute Gasteiger partial charge is 0.258 e. The van der Waals surface area contributed by atoms with E-state index in [1.807, 2.05) is 31.2 Å². The normalized spacial score (nSPS) is 18.8. The number of anilines is 1. The molecule has 1 saturated heterocycles. The molecule has 6 heteroatoms. The number of hydrogen-bond donors (Lipinski definition) is 1. The van der Waals surface area contributed by atoms with Crippen molar-refractivity contribution in [2.24, 2.45) is 5.92 Å². The third-order valence-corrected chi connectivity index (χ3v) is 5.67. The molecule has 144 valence electrons. The SMILES string of the molecule is CCOc1nc2ccccc2nc1N1CCC(C(=O)NC2CCCC2)CC1. The van der Waals surface area contributed by atoms with Crippen LogP contribution in [-0.4, -0.2) is 41.6 Å². The molecule has 1 aliphatic carbocycles. The summed E-state index contributed by atoms with van der Waals surface area (Å²) in [6.07, 6.45) is 6.44. The first-order valence-corrected chi connectivity index (χ1v) is 10.2. The molecule has 1 aliphatic heterocycles. The number of ether oxygens (including phenoxy) is 1. The van der Waals surface area contributed by atoms with Gasteiger partial charge in [0.05, 0.1) is 17.6 Å². The van der Waals surface area contributed by atoms with E-state index in [-0.39, 0.29) is 11.8 Å². The molecule has 2 fully saturated rings. The second-order valence-corrected chi connectivity index (χ2v) is 7.53. The lowest BCUT2D eigenvalue weighted by Crippen LogP contribution is -2.43. The first kappa shape index (κ1) is 18.0. The molecule has 1 N–H and O–H groups in total. The average molecular weight is 368 g/mol. The van der Waals surface area contributed by atoms with E-state index in [4.69, 9.17) is 9.72 Å². The zero-order valence-electron chi connectivity index (χ0n) is 16.0. The Kier molecular flexibility index (Phi) is 5.41. The van der Waals surface area contributed by atoms with E-state index in [2.05, 4.69) is 15.2 Å². The van der Waals surface area contributed by atoms with Crippen molar-refractivity contribution < 1.29 is 9.53 Å². The number of amides is 1. The van der Waals surface area contributed by atoms with Crippen LogP contribution < -0.4 is 15.0 Å². The standard InChI is InChI=1S/C21H28N4O2/c1-2-27-21-19(23-17-9-5-6-10-18(17)24-21)25-13-11-15(12-14-25)20(26)22-16-7-3-4-8-16/h5-6,9-10,15-16H,2-4,7-8,11-14H2,1H3,(H,22,26). The first-order chi connectivity index (χ1) is 13.2. The van der Waals surface area contributed by atoms with Crippen LogP contribution in [0, 0.1) is 5.92 Å². The fourth-order valence-corrected chi connectivity index (χ4v) is 4.16. The van der Waals surface area contributed by atoms with Crippen LogP contribution in [0.5, 0.6) is 5.88 Å². The van der Waals surface area contributed by atoms with E-state index in [1.54, 1.807) is 0 Å². The quantitative estimate of drug-likeness (QED) is 0.877. The lowest BCUT2D eigenvalue weighted by molar-refractivity contribution is -0.126. The van der Waals surface area contributed by atoms with Crippen molar-refractivity contribution in [3.05, 3.63) is 24.3 Å². The van der Waals surface area contributed by atoms with Gasteiger partial charge in [-0.15, -0.1) is 0 Å². The summed E-state index contributed by atoms with van der Waals surface area (Å²) in [6.45, 7) is 4.12. The highest BCUT2D eigenvalue weighted by atomic mass is 16.5. The van der Waals surface area contributed by atoms with Gasteiger partial charge < -0.3 is 15.0 Å². The van der Waals surface area contributed by atoms with Crippen LogP contribution in [0.4, 0.5) is 5.82 Å². The fourth-order valence-electron chi connectivity index (χ4n) is 4.16. The minimum Gasteiger partial charge on any atom is -0.475 e. The number of para-hydroxylation sites is 2. The van der Waals surface area contributed by atoms with E-state index < -0.39 is 0 Å². The fraction of sp³-hybridized carbons (Fsp3) is 0.571. The van der Waals surface area contributed by atoms with Gasteiger partial charge in [-0.3, -0.25) is 4.79 Å². The van der Waals surface area contributed by atoms with Gasteiger partial charge in [0.15, 0.2) is 5.82 Å². The Morgan fingerprint density at radius 3 is 2.44 bits per heavy atom. The molecule has 1 aromatic heterocycles. The Bertz CT molecular complexity index is 796. The molecule has 1 aromatic carbocycles. The molecule has 0 bridgehead atoms. The second-order valence-electron chi connectivity index (χ2n) is 7.53. The molecule has 2 heterocycles. The van der Waals surface area contributed by atoms with Crippen LogP contribution in [0.15, 0.2) is 24.3 Å². The van der Waals surface area contributed by atoms with Gasteiger partial charge in [-0.05, 0) is 44.7 Å². The molecule has 1 saturated carbocycles. The lowest BCUT2D eigenvalue weighted by Gasteiger charge is -2.33. The number of fused-ring (bicyclic) bond motifs is 1. The molecule has 2 aliphatic rings. The predicted octanol–water partition coefficient (Wildman–Crippen LogP) is 3.30. The molecule has 0 atom stereocenters. The van der Waals surface area contributed by atoms with Crippen LogP contribution in [0.1, 0.15) is 45.4 Å². The Hall–Kier alpha value is -2.37. The number of carbonyl (C=O) groups excluding carboxylic acids is 1. The maximum absolute atomic E-state index is 12.6. The van der Waals surface area contributed by atoms with Gasteiger partial charge in [-0.2, -0.15) is 0 Å². The number of nitrogens with one attached hydrogen (secondary N) is 1. The van der Waals surface area contributed by atoms with E-state index in [9.17, 15) is 4.79 Å². The van der Waals surface area contributed by atoms with Crippen molar-refractivity contribution in [2.45, 2.75) is 51.5 Å². The van der Waals surface area contributed by atoms with E-state index in [0.717, 1.165) is 55.6 Å². The van der Waals surface area contributed by atoms with Crippen LogP contribution in [0.3, 0.4) is 0 Å². The number of benzene rings is 1. The molecule has 0 unspecified atom stereocenters. The Balaban J connectivity index is 1.45. The molecule has 27 heavy (non-hydrogen) atoms. The highest BCUT2D eigenvalue weighted by Crippen LogP contribution is 2.31. The summed E-state index contributed by atoms with van der Waals surface area (Å²) >= 11 is 0. The summed E-state index contributed by atoms with van der Waals surface area (Å²) in [5, 5.41) is 3.25. The largest absolute Gasteiger partial charge is 0.475 e. The molecule has 0 radical (unpaired) electrons. The third kappa shape index (κ3) is 3.99. The number of aromatic nitrogens is 2. The molecular weight excluding hydrogens is 340 g/mol. The molecule has 0 spiro atoms. The zero-order valence-corrected chi connectivity index (χ0v) is 16.0. The van der Waals surface area contributed by atoms with Crippen molar-refractivity contribution in [1.82, 2.24) is 15.3 Å². The summed E-state index contributed by atoms with van der Waals surface area (Å²) < 4.78 is 5.77. The summed E-state index contributed by atoms with van der Waals surface area (Å²) in [4.78, 5) is 24.2. The lowest BCUT2D eigenvalue weighted by atomic mass is 9.95. The van der Waals surface area contributed by atoms with Crippen molar-refractivity contribution in [3.63, 3.8) is 0 Å². The molecule has 6 nitrogen and oxygen atoms in total. The molecule has 1 amide bonds. The van der Waals surface area contributed by atoms with E-state index in [0.29, 0.717) is 18.5 Å². The minimum atomic E-state index is 0.103. The highest BCUT2D eigenvalue weighted by molar-refractivity contribution is 5.80. The van der Waals surface area contributed by atoms with Gasteiger partial charge in [0.25, 0.3) is 5.88 Å². The average Bonchev–Trinajstić information content (AvgIpc) is 3.21. The highest BCUT2D eigenvalue weighted by Gasteiger charge is 2.29. The molecular formula is C21H28N4O2. The summed E-state index contributed by atoms with van der Waals surface area (Å²) in [5.74, 6) is 1.72. The van der Waals surface area contributed by atoms with Gasteiger partial charge in [-0.1, -0.05) is 25.0 Å². The van der Waals surface area contributed by atoms with Crippen molar-refractivity contribution in [2.75, 3.05) is 24.6 Å². The maximum Gasteiger partial charge on any atom is 0.258 e. The van der Waals surface area contributed by atoms with Gasteiger partial charge in [0.1, 0.15) is 0 Å². The zero-order chi connectivity index (χ0) is 18.6. The van der Waals surface area contributed by atoms with E-state index in [1.165, 1.54) is 12.8 Å². The number of rotatable bonds is 5. The number of nitrogens with zero attached hydrogens (tertiary/aromatic N) is 3. The summed E-state index contributed by atoms with van der Waals surface area (Å²) in [5.41, 5.74) is 1.72. The van der Waals surface area contributed by atoms with Crippen LogP contribution in [-0.2, 0) is 4.79 Å². The number of hydrogen-bond acceptors (Lipinski definition) is 5. The second kappa shape index (κ2) is 8.11. The molecule has 2 aromatic rings. The predicted molar refractivity (Wildman–Crippen MR) is 106 cm³/mol. The van der Waals surface area contributed by atoms with Gasteiger partial charge in [-0.25, -0.2) is 9.97 Å². The number of piperidine rings is 1. The molecule has 4 rings (SSSR count). The Morgan fingerprint density at radius 1 is 1.11 bits per heavy atom. The van der Waals surface area contributed by atoms with Gasteiger partial charge in [0, 0.05) is 25.0 Å². The third-order valence-electron chi connectivity index (χ3n) is 5.67. The van der Waals surface area contributed by atoms with Crippen molar-refractivity contribution >= 4 is 22.8 Å². The van der Waals surface area contributed by atoms with Gasteiger partial charge >= 0.3 is 0 Å². The van der Waals surface area contributed by atoms with E-state index >= 15 is 0 Å². The Labute approximate surface area is 160 Å². The van der Waals surface area contributed by atoms with Crippen molar-refractivity contribution in [1.29, 1.82) is 0 Å². The minimum absolute atomic E-state index is 0.103. The first-order valence-electron chi connectivity index (χ1n) is 10.2. The number of carbonyl (C=O) groups is 1. The maximum atomic E-state index is 12.6. The van der Waals surface area contributed by atoms with Crippen LogP contribution in [0.25, 0.3) is 11.0 Å².